The number of hydrogen-bond donors (Lipinski definition) is 2. The summed E-state index contributed by atoms with van der Waals surface area (Å²) < 4.78 is 0. The fourth-order valence-corrected chi connectivity index (χ4v) is 2.16. The highest BCUT2D eigenvalue weighted by Gasteiger charge is 2.12. The molecular weight excluding hydrogens is 280 g/mol. The molecule has 0 aromatic carbocycles. The highest BCUT2D eigenvalue weighted by Crippen LogP contribution is 2.19. The minimum Gasteiger partial charge on any atom is -0.396 e. The van der Waals surface area contributed by atoms with E-state index in [0.29, 0.717) is 25.3 Å². The van der Waals surface area contributed by atoms with E-state index in [-0.39, 0.29) is 13.2 Å². The predicted molar refractivity (Wildman–Crippen MR) is 85.6 cm³/mol. The average molecular weight is 302 g/mol. The molecule has 0 saturated carbocycles. The van der Waals surface area contributed by atoms with Crippen LogP contribution < -0.4 is 4.90 Å². The molecule has 6 nitrogen and oxygen atoms in total. The van der Waals surface area contributed by atoms with Gasteiger partial charge in [0.15, 0.2) is 5.82 Å². The van der Waals surface area contributed by atoms with Crippen LogP contribution >= 0.6 is 0 Å². The van der Waals surface area contributed by atoms with Crippen molar-refractivity contribution in [1.29, 1.82) is 0 Å². The second kappa shape index (κ2) is 8.41. The highest BCUT2D eigenvalue weighted by molar-refractivity contribution is 5.53. The largest absolute Gasteiger partial charge is 0.396 e. The summed E-state index contributed by atoms with van der Waals surface area (Å²) in [5.74, 6) is 1.34. The summed E-state index contributed by atoms with van der Waals surface area (Å²) in [4.78, 5) is 15.4. The first-order chi connectivity index (χ1) is 10.8. The molecule has 0 radical (unpaired) electrons. The third-order valence-electron chi connectivity index (χ3n) is 3.30. The third-order valence-corrected chi connectivity index (χ3v) is 3.30. The van der Waals surface area contributed by atoms with Crippen molar-refractivity contribution in [2.45, 2.75) is 19.8 Å². The van der Waals surface area contributed by atoms with Gasteiger partial charge in [0.05, 0.1) is 6.61 Å². The monoisotopic (exact) mass is 302 g/mol. The van der Waals surface area contributed by atoms with E-state index in [0.717, 1.165) is 23.6 Å². The van der Waals surface area contributed by atoms with Crippen LogP contribution in [0, 0.1) is 0 Å². The molecule has 0 fully saturated rings. The Morgan fingerprint density at radius 3 is 2.59 bits per heavy atom. The van der Waals surface area contributed by atoms with Crippen molar-refractivity contribution in [2.75, 3.05) is 31.2 Å². The van der Waals surface area contributed by atoms with Crippen LogP contribution in [0.2, 0.25) is 0 Å². The summed E-state index contributed by atoms with van der Waals surface area (Å²) in [7, 11) is 0. The minimum absolute atomic E-state index is 0.0375. The molecule has 0 aliphatic heterocycles. The van der Waals surface area contributed by atoms with E-state index in [1.54, 1.807) is 6.20 Å². The molecule has 2 rings (SSSR count). The van der Waals surface area contributed by atoms with Crippen molar-refractivity contribution in [3.05, 3.63) is 36.2 Å². The lowest BCUT2D eigenvalue weighted by molar-refractivity contribution is 0.281. The number of anilines is 1. The zero-order valence-corrected chi connectivity index (χ0v) is 12.8. The van der Waals surface area contributed by atoms with Gasteiger partial charge in [0.1, 0.15) is 11.5 Å². The molecule has 118 valence electrons. The van der Waals surface area contributed by atoms with E-state index in [1.807, 2.05) is 36.1 Å². The number of aromatic nitrogens is 3. The Kier molecular flexibility index (Phi) is 6.24. The molecule has 6 heteroatoms. The standard InChI is InChI=1S/C16H22N4O2/c1-2-13-12-15(20(9-11-22)8-5-10-21)19-16(18-13)14-6-3-4-7-17-14/h3-4,6-7,12,21-22H,2,5,8-11H2,1H3. The molecule has 2 heterocycles. The SMILES string of the molecule is CCc1cc(N(CCO)CCCO)nc(-c2ccccn2)n1. The van der Waals surface area contributed by atoms with Gasteiger partial charge in [-0.15, -0.1) is 0 Å². The van der Waals surface area contributed by atoms with E-state index in [2.05, 4.69) is 15.0 Å². The Morgan fingerprint density at radius 2 is 1.95 bits per heavy atom. The van der Waals surface area contributed by atoms with Gasteiger partial charge in [0, 0.05) is 37.7 Å². The molecule has 0 spiro atoms. The topological polar surface area (TPSA) is 82.4 Å². The molecular formula is C16H22N4O2. The predicted octanol–water partition coefficient (Wildman–Crippen LogP) is 1.28. The van der Waals surface area contributed by atoms with Gasteiger partial charge >= 0.3 is 0 Å². The van der Waals surface area contributed by atoms with Gasteiger partial charge in [-0.3, -0.25) is 4.98 Å². The molecule has 0 atom stereocenters. The molecule has 2 aromatic rings. The molecule has 0 amide bonds. The van der Waals surface area contributed by atoms with E-state index < -0.39 is 0 Å². The Bertz CT molecular complexity index is 578. The first-order valence-corrected chi connectivity index (χ1v) is 7.54. The maximum absolute atomic E-state index is 9.25. The van der Waals surface area contributed by atoms with Crippen LogP contribution in [0.1, 0.15) is 19.0 Å². The molecule has 0 aliphatic rings. The number of hydrogen-bond acceptors (Lipinski definition) is 6. The summed E-state index contributed by atoms with van der Waals surface area (Å²) in [5.41, 5.74) is 1.66. The number of pyridine rings is 1. The van der Waals surface area contributed by atoms with Gasteiger partial charge in [-0.1, -0.05) is 13.0 Å². The van der Waals surface area contributed by atoms with Gasteiger partial charge in [-0.2, -0.15) is 0 Å². The highest BCUT2D eigenvalue weighted by atomic mass is 16.3. The average Bonchev–Trinajstić information content (AvgIpc) is 2.59. The molecule has 0 unspecified atom stereocenters. The quantitative estimate of drug-likeness (QED) is 0.764. The van der Waals surface area contributed by atoms with E-state index in [1.165, 1.54) is 0 Å². The fraction of sp³-hybridized carbons (Fsp3) is 0.438. The number of aryl methyl sites for hydroxylation is 1. The van der Waals surface area contributed by atoms with E-state index >= 15 is 0 Å². The van der Waals surface area contributed by atoms with Crippen LogP contribution in [0.25, 0.3) is 11.5 Å². The molecule has 22 heavy (non-hydrogen) atoms. The summed E-state index contributed by atoms with van der Waals surface area (Å²) in [6.45, 7) is 3.30. The molecule has 0 bridgehead atoms. The lowest BCUT2D eigenvalue weighted by atomic mass is 10.2. The minimum atomic E-state index is 0.0375. The molecule has 0 aliphatic carbocycles. The van der Waals surface area contributed by atoms with Crippen molar-refractivity contribution in [1.82, 2.24) is 15.0 Å². The van der Waals surface area contributed by atoms with Gasteiger partial charge in [0.25, 0.3) is 0 Å². The number of aliphatic hydroxyl groups is 2. The smallest absolute Gasteiger partial charge is 0.180 e. The lowest BCUT2D eigenvalue weighted by Gasteiger charge is -2.23. The Morgan fingerprint density at radius 1 is 1.09 bits per heavy atom. The molecule has 0 saturated heterocycles. The number of rotatable bonds is 8. The van der Waals surface area contributed by atoms with Crippen molar-refractivity contribution in [3.63, 3.8) is 0 Å². The fourth-order valence-electron chi connectivity index (χ4n) is 2.16. The molecule has 2 aromatic heterocycles. The maximum atomic E-state index is 9.25. The summed E-state index contributed by atoms with van der Waals surface area (Å²) in [6, 6.07) is 7.57. The van der Waals surface area contributed by atoms with Gasteiger partial charge in [-0.05, 0) is 25.0 Å². The van der Waals surface area contributed by atoms with E-state index in [9.17, 15) is 5.11 Å². The van der Waals surface area contributed by atoms with Gasteiger partial charge in [-0.25, -0.2) is 9.97 Å². The zero-order chi connectivity index (χ0) is 15.8. The van der Waals surface area contributed by atoms with Crippen LogP contribution in [0.3, 0.4) is 0 Å². The van der Waals surface area contributed by atoms with Crippen molar-refractivity contribution >= 4 is 5.82 Å². The summed E-state index contributed by atoms with van der Waals surface area (Å²) in [5, 5.41) is 18.3. The van der Waals surface area contributed by atoms with Crippen LogP contribution in [-0.4, -0.2) is 51.5 Å². The van der Waals surface area contributed by atoms with Gasteiger partial charge in [0.2, 0.25) is 0 Å². The number of nitrogens with zero attached hydrogens (tertiary/aromatic N) is 4. The Balaban J connectivity index is 2.37. The van der Waals surface area contributed by atoms with Crippen LogP contribution in [0.15, 0.2) is 30.5 Å². The van der Waals surface area contributed by atoms with Crippen molar-refractivity contribution in [2.24, 2.45) is 0 Å². The number of aliphatic hydroxyl groups excluding tert-OH is 2. The normalized spacial score (nSPS) is 10.7. The van der Waals surface area contributed by atoms with Crippen LogP contribution in [-0.2, 0) is 6.42 Å². The first-order valence-electron chi connectivity index (χ1n) is 7.54. The lowest BCUT2D eigenvalue weighted by Crippen LogP contribution is -2.29. The van der Waals surface area contributed by atoms with Gasteiger partial charge < -0.3 is 15.1 Å². The summed E-state index contributed by atoms with van der Waals surface area (Å²) in [6.07, 6.45) is 3.14. The third kappa shape index (κ3) is 4.22. The summed E-state index contributed by atoms with van der Waals surface area (Å²) >= 11 is 0. The zero-order valence-electron chi connectivity index (χ0n) is 12.8. The maximum Gasteiger partial charge on any atom is 0.180 e. The Labute approximate surface area is 130 Å². The van der Waals surface area contributed by atoms with Crippen LogP contribution in [0.4, 0.5) is 5.82 Å². The first kappa shape index (κ1) is 16.3. The van der Waals surface area contributed by atoms with Crippen molar-refractivity contribution in [3.8, 4) is 11.5 Å². The second-order valence-electron chi connectivity index (χ2n) is 4.90. The Hall–Kier alpha value is -2.05. The van der Waals surface area contributed by atoms with Crippen LogP contribution in [0.5, 0.6) is 0 Å². The molecule has 2 N–H and O–H groups in total. The van der Waals surface area contributed by atoms with E-state index in [4.69, 9.17) is 5.11 Å². The van der Waals surface area contributed by atoms with Crippen molar-refractivity contribution < 1.29 is 10.2 Å². The second-order valence-corrected chi connectivity index (χ2v) is 4.90.